The third-order valence-corrected chi connectivity index (χ3v) is 3.00. The summed E-state index contributed by atoms with van der Waals surface area (Å²) in [4.78, 5) is 0. The van der Waals surface area contributed by atoms with Crippen molar-refractivity contribution in [3.05, 3.63) is 0 Å². The lowest BCUT2D eigenvalue weighted by Crippen LogP contribution is -2.38. The van der Waals surface area contributed by atoms with E-state index in [0.29, 0.717) is 18.8 Å². The molecule has 2 unspecified atom stereocenters. The molecule has 2 atom stereocenters. The van der Waals surface area contributed by atoms with Crippen LogP contribution in [-0.2, 0) is 0 Å². The third kappa shape index (κ3) is 3.63. The van der Waals surface area contributed by atoms with Crippen LogP contribution in [-0.4, -0.2) is 11.7 Å². The molecule has 1 nitrogen and oxygen atoms in total. The predicted molar refractivity (Wildman–Crippen MR) is 54.4 cm³/mol. The number of rotatable bonds is 3. The Labute approximate surface area is 80.9 Å². The Balaban J connectivity index is 2.35. The maximum Gasteiger partial charge on any atom is 0.112 e. The second kappa shape index (κ2) is 4.41. The molecule has 2 heteroatoms. The number of halogens is 1. The van der Waals surface area contributed by atoms with E-state index in [-0.39, 0.29) is 6.04 Å². The first kappa shape index (κ1) is 11.0. The first-order valence-corrected chi connectivity index (χ1v) is 5.46. The summed E-state index contributed by atoms with van der Waals surface area (Å²) in [6.07, 6.45) is 4.98. The van der Waals surface area contributed by atoms with E-state index in [1.54, 1.807) is 0 Å². The predicted octanol–water partition coefficient (Wildman–Crippen LogP) is 3.03. The molecule has 0 heterocycles. The van der Waals surface area contributed by atoms with Crippen LogP contribution in [0.25, 0.3) is 0 Å². The summed E-state index contributed by atoms with van der Waals surface area (Å²) in [5.41, 5.74) is 4.83. The molecule has 1 aliphatic carbocycles. The highest BCUT2D eigenvalue weighted by atomic mass is 19.1. The molecule has 1 rings (SSSR count). The van der Waals surface area contributed by atoms with Gasteiger partial charge in [-0.25, -0.2) is 4.39 Å². The van der Waals surface area contributed by atoms with Crippen molar-refractivity contribution in [1.29, 1.82) is 0 Å². The molecule has 1 fully saturated rings. The molecule has 0 bridgehead atoms. The number of alkyl halides is 1. The zero-order valence-electron chi connectivity index (χ0n) is 8.85. The van der Waals surface area contributed by atoms with E-state index in [1.165, 1.54) is 0 Å². The highest BCUT2D eigenvalue weighted by Gasteiger charge is 2.34. The second-order valence-electron chi connectivity index (χ2n) is 4.94. The van der Waals surface area contributed by atoms with Gasteiger partial charge < -0.3 is 5.73 Å². The average Bonchev–Trinajstić information content (AvgIpc) is 2.01. The normalized spacial score (nSPS) is 35.3. The maximum absolute atomic E-state index is 14.1. The summed E-state index contributed by atoms with van der Waals surface area (Å²) in [5.74, 6) is 0.603. The second-order valence-corrected chi connectivity index (χ2v) is 4.94. The van der Waals surface area contributed by atoms with Crippen molar-refractivity contribution >= 4 is 0 Å². The third-order valence-electron chi connectivity index (χ3n) is 3.00. The van der Waals surface area contributed by atoms with E-state index in [2.05, 4.69) is 13.8 Å². The van der Waals surface area contributed by atoms with Crippen molar-refractivity contribution < 1.29 is 4.39 Å². The van der Waals surface area contributed by atoms with Gasteiger partial charge in [0.15, 0.2) is 0 Å². The minimum absolute atomic E-state index is 0.103. The summed E-state index contributed by atoms with van der Waals surface area (Å²) in [6.45, 7) is 4.29. The highest BCUT2D eigenvalue weighted by Crippen LogP contribution is 2.35. The molecule has 1 aliphatic rings. The summed E-state index contributed by atoms with van der Waals surface area (Å²) in [7, 11) is 0. The lowest BCUT2D eigenvalue weighted by atomic mass is 9.80. The molecule has 0 aromatic heterocycles. The van der Waals surface area contributed by atoms with Crippen molar-refractivity contribution in [2.24, 2.45) is 11.7 Å². The van der Waals surface area contributed by atoms with Crippen LogP contribution in [0.4, 0.5) is 4.39 Å². The first-order valence-electron chi connectivity index (χ1n) is 5.46. The van der Waals surface area contributed by atoms with E-state index < -0.39 is 5.67 Å². The Bertz CT molecular complexity index is 158. The van der Waals surface area contributed by atoms with Gasteiger partial charge >= 0.3 is 0 Å². The van der Waals surface area contributed by atoms with E-state index in [9.17, 15) is 4.39 Å². The van der Waals surface area contributed by atoms with Crippen LogP contribution in [0.5, 0.6) is 0 Å². The largest absolute Gasteiger partial charge is 0.328 e. The van der Waals surface area contributed by atoms with Crippen molar-refractivity contribution in [3.63, 3.8) is 0 Å². The van der Waals surface area contributed by atoms with Gasteiger partial charge in [0, 0.05) is 6.04 Å². The quantitative estimate of drug-likeness (QED) is 0.722. The molecule has 1 saturated carbocycles. The molecule has 0 spiro atoms. The molecule has 0 saturated heterocycles. The van der Waals surface area contributed by atoms with Crippen molar-refractivity contribution in [3.8, 4) is 0 Å². The van der Waals surface area contributed by atoms with E-state index in [4.69, 9.17) is 5.73 Å². The smallest absolute Gasteiger partial charge is 0.112 e. The molecular weight excluding hydrogens is 165 g/mol. The molecule has 13 heavy (non-hydrogen) atoms. The van der Waals surface area contributed by atoms with Crippen molar-refractivity contribution in [2.75, 3.05) is 0 Å². The van der Waals surface area contributed by atoms with Gasteiger partial charge in [-0.15, -0.1) is 0 Å². The van der Waals surface area contributed by atoms with Crippen LogP contribution < -0.4 is 5.73 Å². The summed E-state index contributed by atoms with van der Waals surface area (Å²) in [5, 5.41) is 0. The fourth-order valence-corrected chi connectivity index (χ4v) is 2.13. The topological polar surface area (TPSA) is 26.0 Å². The molecule has 2 N–H and O–H groups in total. The maximum atomic E-state index is 14.1. The summed E-state index contributed by atoms with van der Waals surface area (Å²) < 4.78 is 14.1. The molecule has 0 aromatic carbocycles. The van der Waals surface area contributed by atoms with Gasteiger partial charge in [-0.2, -0.15) is 0 Å². The molecule has 0 aromatic rings. The minimum atomic E-state index is -0.943. The van der Waals surface area contributed by atoms with Crippen molar-refractivity contribution in [1.82, 2.24) is 0 Å². The highest BCUT2D eigenvalue weighted by molar-refractivity contribution is 4.88. The Kier molecular flexibility index (Phi) is 3.72. The average molecular weight is 187 g/mol. The van der Waals surface area contributed by atoms with Gasteiger partial charge in [0.25, 0.3) is 0 Å². The van der Waals surface area contributed by atoms with Crippen LogP contribution in [0.3, 0.4) is 0 Å². The van der Waals surface area contributed by atoms with Crippen LogP contribution in [0.1, 0.15) is 52.4 Å². The molecule has 0 aliphatic heterocycles. The van der Waals surface area contributed by atoms with Gasteiger partial charge in [-0.05, 0) is 44.4 Å². The van der Waals surface area contributed by atoms with Crippen LogP contribution in [0, 0.1) is 5.92 Å². The molecule has 78 valence electrons. The van der Waals surface area contributed by atoms with Crippen LogP contribution in [0.2, 0.25) is 0 Å². The van der Waals surface area contributed by atoms with E-state index in [1.807, 2.05) is 0 Å². The first-order chi connectivity index (χ1) is 6.02. The van der Waals surface area contributed by atoms with E-state index >= 15 is 0 Å². The number of hydrogen-bond acceptors (Lipinski definition) is 1. The summed E-state index contributed by atoms with van der Waals surface area (Å²) in [6, 6.07) is 0.103. The van der Waals surface area contributed by atoms with Gasteiger partial charge in [0.05, 0.1) is 0 Å². The lowest BCUT2D eigenvalue weighted by Gasteiger charge is -2.33. The summed E-state index contributed by atoms with van der Waals surface area (Å²) >= 11 is 0. The van der Waals surface area contributed by atoms with E-state index in [0.717, 1.165) is 25.7 Å². The zero-order chi connectivity index (χ0) is 9.90. The van der Waals surface area contributed by atoms with Crippen molar-refractivity contribution in [2.45, 2.75) is 64.1 Å². The number of nitrogens with two attached hydrogens (primary N) is 1. The van der Waals surface area contributed by atoms with Gasteiger partial charge in [0.1, 0.15) is 5.67 Å². The van der Waals surface area contributed by atoms with Gasteiger partial charge in [-0.3, -0.25) is 0 Å². The lowest BCUT2D eigenvalue weighted by molar-refractivity contribution is 0.0797. The van der Waals surface area contributed by atoms with Gasteiger partial charge in [-0.1, -0.05) is 13.8 Å². The minimum Gasteiger partial charge on any atom is -0.328 e. The SMILES string of the molecule is CC(C)CCC1(F)CCCC(N)C1. The Morgan fingerprint density at radius 2 is 2.23 bits per heavy atom. The Morgan fingerprint density at radius 1 is 1.54 bits per heavy atom. The van der Waals surface area contributed by atoms with Crippen LogP contribution >= 0.6 is 0 Å². The fraction of sp³-hybridized carbons (Fsp3) is 1.00. The van der Waals surface area contributed by atoms with Gasteiger partial charge in [0.2, 0.25) is 0 Å². The molecule has 0 amide bonds. The standard InChI is InChI=1S/C11H22FN/c1-9(2)5-7-11(12)6-3-4-10(13)8-11/h9-10H,3-8,13H2,1-2H3. The monoisotopic (exact) mass is 187 g/mol. The Morgan fingerprint density at radius 3 is 2.77 bits per heavy atom. The number of hydrogen-bond donors (Lipinski definition) is 1. The zero-order valence-corrected chi connectivity index (χ0v) is 8.85. The molecule has 0 radical (unpaired) electrons. The van der Waals surface area contributed by atoms with Crippen LogP contribution in [0.15, 0.2) is 0 Å². The fourth-order valence-electron chi connectivity index (χ4n) is 2.13. The molecular formula is C11H22FN. The Hall–Kier alpha value is -0.110.